The minimum absolute atomic E-state index is 0.0356. The molecule has 11 heteroatoms. The van der Waals surface area contributed by atoms with Gasteiger partial charge in [-0.15, -0.1) is 4.83 Å². The first-order valence-electron chi connectivity index (χ1n) is 10.3. The summed E-state index contributed by atoms with van der Waals surface area (Å²) in [4.78, 5) is 30.5. The van der Waals surface area contributed by atoms with Gasteiger partial charge in [0.1, 0.15) is 5.82 Å². The van der Waals surface area contributed by atoms with Gasteiger partial charge in [0.2, 0.25) is 0 Å². The third kappa shape index (κ3) is 7.23. The number of amides is 1. The van der Waals surface area contributed by atoms with Crippen LogP contribution in [0.2, 0.25) is 0 Å². The Morgan fingerprint density at radius 1 is 1.00 bits per heavy atom. The van der Waals surface area contributed by atoms with E-state index in [4.69, 9.17) is 10.8 Å². The van der Waals surface area contributed by atoms with Crippen LogP contribution in [0.15, 0.2) is 71.6 Å². The van der Waals surface area contributed by atoms with Crippen LogP contribution in [0.4, 0.5) is 5.82 Å². The van der Waals surface area contributed by atoms with Gasteiger partial charge < -0.3 is 10.8 Å². The van der Waals surface area contributed by atoms with Gasteiger partial charge in [0.15, 0.2) is 0 Å². The van der Waals surface area contributed by atoms with Gasteiger partial charge >= 0.3 is 5.97 Å². The minimum atomic E-state index is -4.09. The second-order valence-electron chi connectivity index (χ2n) is 7.40. The number of hydrogen-bond donors (Lipinski definition) is 3. The highest BCUT2D eigenvalue weighted by Crippen LogP contribution is 2.15. The Hall–Kier alpha value is -3.03. The van der Waals surface area contributed by atoms with E-state index in [1.165, 1.54) is 12.1 Å². The van der Waals surface area contributed by atoms with E-state index in [-0.39, 0.29) is 17.0 Å². The molecule has 1 amide bonds. The van der Waals surface area contributed by atoms with Gasteiger partial charge in [0.25, 0.3) is 15.9 Å². The van der Waals surface area contributed by atoms with E-state index < -0.39 is 28.3 Å². The second kappa shape index (κ2) is 11.4. The Labute approximate surface area is 211 Å². The molecule has 0 saturated carbocycles. The van der Waals surface area contributed by atoms with Crippen molar-refractivity contribution in [2.45, 2.75) is 24.2 Å². The lowest BCUT2D eigenvalue weighted by atomic mass is 10.1. The number of sulfonamides is 1. The molecule has 0 spiro atoms. The van der Waals surface area contributed by atoms with Crippen molar-refractivity contribution in [2.75, 3.05) is 12.3 Å². The van der Waals surface area contributed by atoms with Crippen LogP contribution >= 0.6 is 22.6 Å². The van der Waals surface area contributed by atoms with Gasteiger partial charge in [0, 0.05) is 21.4 Å². The van der Waals surface area contributed by atoms with Gasteiger partial charge in [-0.1, -0.05) is 18.2 Å². The second-order valence-corrected chi connectivity index (χ2v) is 10.3. The Kier molecular flexibility index (Phi) is 8.58. The smallest absolute Gasteiger partial charge is 0.305 e. The molecule has 0 saturated heterocycles. The molecular formula is C23H23IN4O5S. The number of carbonyl (C=O) groups excluding carboxylic acids is 1. The van der Waals surface area contributed by atoms with E-state index in [1.807, 2.05) is 34.7 Å². The number of aliphatic carboxylic acids is 1. The van der Waals surface area contributed by atoms with Gasteiger partial charge in [-0.3, -0.25) is 14.6 Å². The lowest BCUT2D eigenvalue weighted by Gasteiger charge is -2.23. The number of anilines is 1. The Balaban J connectivity index is 1.73. The average Bonchev–Trinajstić information content (AvgIpc) is 2.80. The molecule has 9 nitrogen and oxygen atoms in total. The van der Waals surface area contributed by atoms with E-state index in [0.717, 1.165) is 19.8 Å². The molecule has 1 aromatic heterocycles. The summed E-state index contributed by atoms with van der Waals surface area (Å²) in [6.07, 6.45) is 0.915. The maximum atomic E-state index is 13.0. The first kappa shape index (κ1) is 25.6. The number of hydrazine groups is 1. The molecular weight excluding hydrogens is 571 g/mol. The number of aromatic nitrogens is 1. The number of carboxylic acids is 1. The Morgan fingerprint density at radius 2 is 1.68 bits per heavy atom. The van der Waals surface area contributed by atoms with Crippen molar-refractivity contribution >= 4 is 50.3 Å². The van der Waals surface area contributed by atoms with Crippen molar-refractivity contribution in [3.8, 4) is 0 Å². The maximum absolute atomic E-state index is 13.0. The number of nitrogens with zero attached hydrogens (tertiary/aromatic N) is 2. The molecule has 0 atom stereocenters. The van der Waals surface area contributed by atoms with E-state index in [1.54, 1.807) is 42.5 Å². The maximum Gasteiger partial charge on any atom is 0.305 e. The standard InChI is InChI=1S/C23H23IN4O5S/c24-18-9-12-20(13-10-18)34(32,33)27-28(15-14-22(29)30)23(31)17-7-4-16(5-8-17)6-11-19-2-1-3-21(25)26-19/h1-5,7-10,12-13,27H,6,11,14-15H2,(H2,25,26)(H,29,30). The highest BCUT2D eigenvalue weighted by Gasteiger charge is 2.24. The van der Waals surface area contributed by atoms with Gasteiger partial charge in [-0.2, -0.15) is 0 Å². The number of nitrogen functional groups attached to an aromatic ring is 1. The zero-order valence-corrected chi connectivity index (χ0v) is 21.0. The van der Waals surface area contributed by atoms with Gasteiger partial charge in [-0.25, -0.2) is 13.4 Å². The largest absolute Gasteiger partial charge is 0.481 e. The predicted octanol–water partition coefficient (Wildman–Crippen LogP) is 2.86. The number of carbonyl (C=O) groups is 2. The van der Waals surface area contributed by atoms with Crippen molar-refractivity contribution in [3.05, 3.63) is 87.1 Å². The minimum Gasteiger partial charge on any atom is -0.481 e. The Morgan fingerprint density at radius 3 is 2.29 bits per heavy atom. The average molecular weight is 594 g/mol. The third-order valence-electron chi connectivity index (χ3n) is 4.85. The van der Waals surface area contributed by atoms with E-state index in [9.17, 15) is 18.0 Å². The molecule has 0 aliphatic carbocycles. The summed E-state index contributed by atoms with van der Waals surface area (Å²) in [6, 6.07) is 18.2. The lowest BCUT2D eigenvalue weighted by molar-refractivity contribution is -0.137. The summed E-state index contributed by atoms with van der Waals surface area (Å²) in [6.45, 7) is -0.333. The van der Waals surface area contributed by atoms with Crippen LogP contribution in [0.3, 0.4) is 0 Å². The number of halogens is 1. The topological polar surface area (TPSA) is 143 Å². The molecule has 2 aromatic carbocycles. The van der Waals surface area contributed by atoms with Crippen molar-refractivity contribution < 1.29 is 23.1 Å². The van der Waals surface area contributed by atoms with Crippen LogP contribution in [0.1, 0.15) is 28.0 Å². The fraction of sp³-hybridized carbons (Fsp3) is 0.174. The van der Waals surface area contributed by atoms with Crippen LogP contribution in [-0.2, 0) is 27.7 Å². The molecule has 0 aliphatic rings. The number of rotatable bonds is 10. The molecule has 0 aliphatic heterocycles. The van der Waals surface area contributed by atoms with E-state index in [0.29, 0.717) is 18.7 Å². The first-order chi connectivity index (χ1) is 16.1. The molecule has 1 heterocycles. The van der Waals surface area contributed by atoms with Gasteiger partial charge in [-0.05, 0) is 89.5 Å². The SMILES string of the molecule is Nc1cccc(CCc2ccc(C(=O)N(CCC(=O)O)NS(=O)(=O)c3ccc(I)cc3)cc2)n1. The number of hydrogen-bond acceptors (Lipinski definition) is 6. The number of nitrogens with one attached hydrogen (secondary N) is 1. The molecule has 4 N–H and O–H groups in total. The summed E-state index contributed by atoms with van der Waals surface area (Å²) >= 11 is 2.05. The molecule has 34 heavy (non-hydrogen) atoms. The zero-order chi connectivity index (χ0) is 24.7. The fourth-order valence-corrected chi connectivity index (χ4v) is 4.51. The Bertz CT molecular complexity index is 1270. The summed E-state index contributed by atoms with van der Waals surface area (Å²) < 4.78 is 26.4. The van der Waals surface area contributed by atoms with Crippen molar-refractivity contribution in [3.63, 3.8) is 0 Å². The van der Waals surface area contributed by atoms with E-state index in [2.05, 4.69) is 9.82 Å². The molecule has 0 fully saturated rings. The quantitative estimate of drug-likeness (QED) is 0.242. The van der Waals surface area contributed by atoms with Crippen molar-refractivity contribution in [2.24, 2.45) is 0 Å². The third-order valence-corrected chi connectivity index (χ3v) is 6.92. The van der Waals surface area contributed by atoms with Crippen LogP contribution in [0.5, 0.6) is 0 Å². The lowest BCUT2D eigenvalue weighted by Crippen LogP contribution is -2.47. The van der Waals surface area contributed by atoms with Crippen LogP contribution < -0.4 is 10.6 Å². The van der Waals surface area contributed by atoms with Crippen molar-refractivity contribution in [1.82, 2.24) is 14.8 Å². The van der Waals surface area contributed by atoms with Crippen LogP contribution in [0, 0.1) is 3.57 Å². The summed E-state index contributed by atoms with van der Waals surface area (Å²) in [5.74, 6) is -1.36. The van der Waals surface area contributed by atoms with Crippen LogP contribution in [0.25, 0.3) is 0 Å². The monoisotopic (exact) mass is 594 g/mol. The normalized spacial score (nSPS) is 11.2. The summed E-state index contributed by atoms with van der Waals surface area (Å²) in [5, 5.41) is 9.85. The molecule has 178 valence electrons. The molecule has 0 unspecified atom stereocenters. The summed E-state index contributed by atoms with van der Waals surface area (Å²) in [5.41, 5.74) is 7.73. The molecule has 3 rings (SSSR count). The van der Waals surface area contributed by atoms with Gasteiger partial charge in [0.05, 0.1) is 11.3 Å². The predicted molar refractivity (Wildman–Crippen MR) is 135 cm³/mol. The van der Waals surface area contributed by atoms with E-state index >= 15 is 0 Å². The number of aryl methyl sites for hydroxylation is 2. The zero-order valence-electron chi connectivity index (χ0n) is 18.0. The fourth-order valence-electron chi connectivity index (χ4n) is 3.09. The number of nitrogens with two attached hydrogens (primary N) is 1. The molecule has 3 aromatic rings. The molecule has 0 bridgehead atoms. The summed E-state index contributed by atoms with van der Waals surface area (Å²) in [7, 11) is -4.09. The first-order valence-corrected chi connectivity index (χ1v) is 12.8. The molecule has 0 radical (unpaired) electrons. The number of pyridine rings is 1. The number of benzene rings is 2. The highest BCUT2D eigenvalue weighted by molar-refractivity contribution is 14.1. The van der Waals surface area contributed by atoms with Crippen LogP contribution in [-0.4, -0.2) is 41.9 Å². The van der Waals surface area contributed by atoms with Crippen molar-refractivity contribution in [1.29, 1.82) is 0 Å². The highest BCUT2D eigenvalue weighted by atomic mass is 127. The number of carboxylic acid groups (broad SMARTS) is 1.